The number of anilines is 1. The van der Waals surface area contributed by atoms with Gasteiger partial charge < -0.3 is 9.88 Å². The molecule has 0 saturated heterocycles. The van der Waals surface area contributed by atoms with Crippen LogP contribution in [0.3, 0.4) is 0 Å². The molecule has 4 aromatic heterocycles. The fraction of sp³-hybridized carbons (Fsp3) is 0.393. The van der Waals surface area contributed by atoms with E-state index in [4.69, 9.17) is 0 Å². The number of unbranched alkanes of at least 4 members (excludes halogenated alkanes) is 1. The van der Waals surface area contributed by atoms with Gasteiger partial charge in [-0.3, -0.25) is 23.6 Å². The molecule has 0 unspecified atom stereocenters. The number of hydrogen-bond acceptors (Lipinski definition) is 6. The number of carbonyl (C=O) groups is 1. The maximum absolute atomic E-state index is 13.3. The molecule has 0 saturated carbocycles. The molecule has 4 heterocycles. The number of nitrogens with zero attached hydrogens (tertiary/aromatic N) is 6. The fourth-order valence-electron chi connectivity index (χ4n) is 4.38. The molecule has 39 heavy (non-hydrogen) atoms. The lowest BCUT2D eigenvalue weighted by atomic mass is 10.2. The number of amides is 1. The normalized spacial score (nSPS) is 11.4. The Hall–Kier alpha value is -4.12. The van der Waals surface area contributed by atoms with Crippen LogP contribution in [-0.4, -0.2) is 62.1 Å². The Morgan fingerprint density at radius 2 is 1.77 bits per heavy atom. The van der Waals surface area contributed by atoms with Gasteiger partial charge in [0.25, 0.3) is 11.5 Å². The predicted molar refractivity (Wildman–Crippen MR) is 150 cm³/mol. The quantitative estimate of drug-likeness (QED) is 0.295. The molecule has 0 aliphatic rings. The number of aryl methyl sites for hydroxylation is 1. The predicted octanol–water partition coefficient (Wildman–Crippen LogP) is 3.51. The van der Waals surface area contributed by atoms with Crippen molar-refractivity contribution in [3.63, 3.8) is 0 Å². The molecule has 1 amide bonds. The highest BCUT2D eigenvalue weighted by molar-refractivity contribution is 6.05. The van der Waals surface area contributed by atoms with Crippen LogP contribution in [-0.2, 0) is 13.1 Å². The third-order valence-electron chi connectivity index (χ3n) is 6.52. The van der Waals surface area contributed by atoms with Gasteiger partial charge in [0.15, 0.2) is 0 Å². The van der Waals surface area contributed by atoms with Crippen molar-refractivity contribution in [2.45, 2.75) is 46.2 Å². The van der Waals surface area contributed by atoms with Crippen molar-refractivity contribution in [1.29, 1.82) is 0 Å². The zero-order chi connectivity index (χ0) is 28.1. The van der Waals surface area contributed by atoms with E-state index in [0.29, 0.717) is 54.3 Å². The van der Waals surface area contributed by atoms with Crippen molar-refractivity contribution in [3.05, 3.63) is 75.1 Å². The fourth-order valence-corrected chi connectivity index (χ4v) is 4.38. The minimum absolute atomic E-state index is 0.255. The number of fused-ring (bicyclic) bond motifs is 1. The van der Waals surface area contributed by atoms with Gasteiger partial charge in [-0.05, 0) is 57.3 Å². The summed E-state index contributed by atoms with van der Waals surface area (Å²) < 4.78 is 16.3. The molecular formula is C28H34FN7O3. The molecule has 0 spiro atoms. The van der Waals surface area contributed by atoms with Crippen LogP contribution in [0, 0.1) is 5.95 Å². The Morgan fingerprint density at radius 3 is 2.38 bits per heavy atom. The lowest BCUT2D eigenvalue weighted by Gasteiger charge is -2.23. The van der Waals surface area contributed by atoms with E-state index < -0.39 is 5.95 Å². The highest BCUT2D eigenvalue weighted by Crippen LogP contribution is 2.24. The van der Waals surface area contributed by atoms with Crippen molar-refractivity contribution < 1.29 is 9.18 Å². The Labute approximate surface area is 225 Å². The summed E-state index contributed by atoms with van der Waals surface area (Å²) in [6, 6.07) is 7.88. The third-order valence-corrected chi connectivity index (χ3v) is 6.52. The van der Waals surface area contributed by atoms with Gasteiger partial charge in [0.2, 0.25) is 5.95 Å². The highest BCUT2D eigenvalue weighted by atomic mass is 19.1. The van der Waals surface area contributed by atoms with E-state index in [1.54, 1.807) is 22.9 Å². The molecule has 10 nitrogen and oxygen atoms in total. The van der Waals surface area contributed by atoms with E-state index >= 15 is 0 Å². The van der Waals surface area contributed by atoms with Crippen LogP contribution >= 0.6 is 0 Å². The Balaban J connectivity index is 1.72. The minimum Gasteiger partial charge on any atom is -0.349 e. The molecule has 0 atom stereocenters. The Kier molecular flexibility index (Phi) is 8.70. The number of H-pyrrole nitrogens is 1. The van der Waals surface area contributed by atoms with Crippen molar-refractivity contribution >= 4 is 22.8 Å². The van der Waals surface area contributed by atoms with Crippen LogP contribution in [0.1, 0.15) is 43.5 Å². The SMILES string of the molecule is CCCCn1c(=O)c2[nH]c(-c3ccc(N(CCN(C)C)C(=O)c4ccc(F)nc4)nc3)cc2n(CCC)c1=O. The molecule has 206 valence electrons. The first kappa shape index (κ1) is 27.9. The third kappa shape index (κ3) is 5.98. The van der Waals surface area contributed by atoms with Gasteiger partial charge in [0, 0.05) is 49.8 Å². The van der Waals surface area contributed by atoms with E-state index in [1.165, 1.54) is 21.7 Å². The second kappa shape index (κ2) is 12.2. The smallest absolute Gasteiger partial charge is 0.331 e. The number of halogens is 1. The van der Waals surface area contributed by atoms with Crippen molar-refractivity contribution in [2.24, 2.45) is 0 Å². The minimum atomic E-state index is -0.659. The monoisotopic (exact) mass is 535 g/mol. The number of aromatic nitrogens is 5. The topological polar surface area (TPSA) is 109 Å². The summed E-state index contributed by atoms with van der Waals surface area (Å²) in [5, 5.41) is 0. The summed E-state index contributed by atoms with van der Waals surface area (Å²) in [6.07, 6.45) is 5.19. The van der Waals surface area contributed by atoms with Crippen molar-refractivity contribution in [3.8, 4) is 11.3 Å². The van der Waals surface area contributed by atoms with Gasteiger partial charge in [-0.25, -0.2) is 14.8 Å². The van der Waals surface area contributed by atoms with Crippen LogP contribution in [0.15, 0.2) is 52.3 Å². The Bertz CT molecular complexity index is 1550. The zero-order valence-corrected chi connectivity index (χ0v) is 22.8. The molecule has 0 fully saturated rings. The van der Waals surface area contributed by atoms with Crippen molar-refractivity contribution in [2.75, 3.05) is 32.1 Å². The lowest BCUT2D eigenvalue weighted by Crippen LogP contribution is -2.40. The number of aromatic amines is 1. The maximum atomic E-state index is 13.3. The van der Waals surface area contributed by atoms with E-state index in [9.17, 15) is 18.8 Å². The van der Waals surface area contributed by atoms with Crippen LogP contribution in [0.5, 0.6) is 0 Å². The molecular weight excluding hydrogens is 501 g/mol. The largest absolute Gasteiger partial charge is 0.349 e. The summed E-state index contributed by atoms with van der Waals surface area (Å²) >= 11 is 0. The number of hydrogen-bond donors (Lipinski definition) is 1. The number of likely N-dealkylation sites (N-methyl/N-ethyl adjacent to an activating group) is 1. The van der Waals surface area contributed by atoms with Gasteiger partial charge in [0.05, 0.1) is 11.1 Å². The van der Waals surface area contributed by atoms with E-state index in [2.05, 4.69) is 15.0 Å². The first-order chi connectivity index (χ1) is 18.7. The first-order valence-corrected chi connectivity index (χ1v) is 13.2. The molecule has 4 aromatic rings. The molecule has 1 N–H and O–H groups in total. The van der Waals surface area contributed by atoms with Crippen LogP contribution in [0.25, 0.3) is 22.3 Å². The molecule has 0 aromatic carbocycles. The number of nitrogens with one attached hydrogen (secondary N) is 1. The molecule has 4 rings (SSSR count). The summed E-state index contributed by atoms with van der Waals surface area (Å²) in [5.74, 6) is -0.573. The molecule has 0 bridgehead atoms. The summed E-state index contributed by atoms with van der Waals surface area (Å²) in [5.41, 5.74) is 1.91. The number of pyridine rings is 2. The zero-order valence-electron chi connectivity index (χ0n) is 22.8. The summed E-state index contributed by atoms with van der Waals surface area (Å²) in [6.45, 7) is 5.83. The maximum Gasteiger partial charge on any atom is 0.331 e. The van der Waals surface area contributed by atoms with Crippen LogP contribution in [0.4, 0.5) is 10.2 Å². The first-order valence-electron chi connectivity index (χ1n) is 13.2. The second-order valence-corrected chi connectivity index (χ2v) is 9.72. The molecule has 0 radical (unpaired) electrons. The standard InChI is InChI=1S/C28H34FN7O3/c1-5-7-13-36-27(38)25-22(34(12-6-2)28(36)39)16-21(32-25)19-9-11-24(31-17-19)35(15-14-33(3)4)26(37)20-8-10-23(29)30-18-20/h8-11,16-18,32H,5-7,12-15H2,1-4H3. The van der Waals surface area contributed by atoms with Gasteiger partial charge in [-0.15, -0.1) is 0 Å². The average molecular weight is 536 g/mol. The van der Waals surface area contributed by atoms with Gasteiger partial charge >= 0.3 is 5.69 Å². The van der Waals surface area contributed by atoms with Crippen LogP contribution in [0.2, 0.25) is 0 Å². The summed E-state index contributed by atoms with van der Waals surface area (Å²) in [7, 11) is 3.81. The molecule has 0 aliphatic carbocycles. The highest BCUT2D eigenvalue weighted by Gasteiger charge is 2.21. The van der Waals surface area contributed by atoms with E-state index in [1.807, 2.05) is 38.9 Å². The molecule has 0 aliphatic heterocycles. The van der Waals surface area contributed by atoms with Gasteiger partial charge in [0.1, 0.15) is 11.3 Å². The average Bonchev–Trinajstić information content (AvgIpc) is 3.37. The van der Waals surface area contributed by atoms with E-state index in [0.717, 1.165) is 25.3 Å². The van der Waals surface area contributed by atoms with E-state index in [-0.39, 0.29) is 22.7 Å². The van der Waals surface area contributed by atoms with Gasteiger partial charge in [-0.2, -0.15) is 4.39 Å². The molecule has 11 heteroatoms. The van der Waals surface area contributed by atoms with Crippen molar-refractivity contribution in [1.82, 2.24) is 29.0 Å². The summed E-state index contributed by atoms with van der Waals surface area (Å²) in [4.78, 5) is 54.4. The second-order valence-electron chi connectivity index (χ2n) is 9.72. The number of rotatable bonds is 11. The number of carbonyl (C=O) groups excluding carboxylic acids is 1. The van der Waals surface area contributed by atoms with Gasteiger partial charge in [-0.1, -0.05) is 20.3 Å². The van der Waals surface area contributed by atoms with Crippen LogP contribution < -0.4 is 16.1 Å². The lowest BCUT2D eigenvalue weighted by molar-refractivity contribution is 0.0984. The Morgan fingerprint density at radius 1 is 0.974 bits per heavy atom.